The molecule has 0 spiro atoms. The van der Waals surface area contributed by atoms with Gasteiger partial charge >= 0.3 is 0 Å². The Labute approximate surface area is 165 Å². The summed E-state index contributed by atoms with van der Waals surface area (Å²) >= 11 is 0. The zero-order chi connectivity index (χ0) is 19.1. The minimum absolute atomic E-state index is 0.0502. The van der Waals surface area contributed by atoms with Gasteiger partial charge in [0.1, 0.15) is 0 Å². The molecular weight excluding hydrogens is 350 g/mol. The first-order valence-corrected chi connectivity index (χ1v) is 10.2. The van der Waals surface area contributed by atoms with Crippen LogP contribution in [0.3, 0.4) is 0 Å². The summed E-state index contributed by atoms with van der Waals surface area (Å²) in [5.41, 5.74) is 0.917. The number of hydrogen-bond donors (Lipinski definition) is 0. The highest BCUT2D eigenvalue weighted by molar-refractivity contribution is 6.07. The van der Waals surface area contributed by atoms with Crippen LogP contribution in [0.1, 0.15) is 12.8 Å². The summed E-state index contributed by atoms with van der Waals surface area (Å²) in [6, 6.07) is 14.6. The molecule has 3 aliphatic rings. The predicted molar refractivity (Wildman–Crippen MR) is 110 cm³/mol. The highest BCUT2D eigenvalue weighted by Gasteiger charge is 2.40. The third kappa shape index (κ3) is 3.00. The summed E-state index contributed by atoms with van der Waals surface area (Å²) in [5.74, 6) is -0.0399. The van der Waals surface area contributed by atoms with Crippen molar-refractivity contribution in [3.8, 4) is 0 Å². The first-order valence-electron chi connectivity index (χ1n) is 10.2. The number of anilines is 1. The molecule has 3 heterocycles. The van der Waals surface area contributed by atoms with Crippen molar-refractivity contribution >= 4 is 28.3 Å². The molecule has 0 radical (unpaired) electrons. The third-order valence-electron chi connectivity index (χ3n) is 6.37. The molecule has 2 amide bonds. The van der Waals surface area contributed by atoms with Crippen molar-refractivity contribution < 1.29 is 9.59 Å². The normalized spacial score (nSPS) is 25.4. The largest absolute Gasteiger partial charge is 0.341 e. The molecule has 0 bridgehead atoms. The molecule has 2 atom stereocenters. The third-order valence-corrected chi connectivity index (χ3v) is 6.37. The van der Waals surface area contributed by atoms with Crippen molar-refractivity contribution in [3.05, 3.63) is 54.6 Å². The van der Waals surface area contributed by atoms with Gasteiger partial charge in [-0.15, -0.1) is 0 Å². The number of rotatable bonds is 3. The Morgan fingerprint density at radius 3 is 2.61 bits per heavy atom. The van der Waals surface area contributed by atoms with Crippen LogP contribution in [0.4, 0.5) is 5.69 Å². The number of likely N-dealkylation sites (tertiary alicyclic amines) is 1. The van der Waals surface area contributed by atoms with E-state index in [-0.39, 0.29) is 17.7 Å². The highest BCUT2D eigenvalue weighted by atomic mass is 16.2. The Hall–Kier alpha value is -2.66. The summed E-state index contributed by atoms with van der Waals surface area (Å²) < 4.78 is 0. The van der Waals surface area contributed by atoms with E-state index in [0.717, 1.165) is 49.1 Å². The zero-order valence-corrected chi connectivity index (χ0v) is 16.0. The summed E-state index contributed by atoms with van der Waals surface area (Å²) in [6.45, 7) is 4.06. The quantitative estimate of drug-likeness (QED) is 0.775. The molecule has 2 aromatic carbocycles. The molecule has 5 heteroatoms. The maximum atomic E-state index is 13.1. The highest BCUT2D eigenvalue weighted by Crippen LogP contribution is 2.33. The van der Waals surface area contributed by atoms with Gasteiger partial charge in [0.2, 0.25) is 11.8 Å². The van der Waals surface area contributed by atoms with Crippen LogP contribution in [0.15, 0.2) is 54.6 Å². The summed E-state index contributed by atoms with van der Waals surface area (Å²) in [7, 11) is 0. The van der Waals surface area contributed by atoms with Gasteiger partial charge in [0, 0.05) is 50.6 Å². The van der Waals surface area contributed by atoms with Crippen molar-refractivity contribution in [1.29, 1.82) is 0 Å². The van der Waals surface area contributed by atoms with Gasteiger partial charge in [0.15, 0.2) is 0 Å². The topological polar surface area (TPSA) is 43.9 Å². The second-order valence-electron chi connectivity index (χ2n) is 8.06. The van der Waals surface area contributed by atoms with Gasteiger partial charge in [-0.05, 0) is 17.9 Å². The van der Waals surface area contributed by atoms with E-state index in [1.807, 2.05) is 40.1 Å². The fraction of sp³-hybridized carbons (Fsp3) is 0.391. The lowest BCUT2D eigenvalue weighted by molar-refractivity contribution is -0.134. The number of nitrogens with zero attached hydrogens (tertiary/aromatic N) is 3. The molecule has 2 saturated heterocycles. The van der Waals surface area contributed by atoms with Crippen LogP contribution in [0, 0.1) is 5.92 Å². The molecule has 144 valence electrons. The first kappa shape index (κ1) is 17.4. The van der Waals surface area contributed by atoms with E-state index in [2.05, 4.69) is 29.2 Å². The number of amides is 2. The van der Waals surface area contributed by atoms with Gasteiger partial charge in [-0.3, -0.25) is 14.5 Å². The Morgan fingerprint density at radius 2 is 1.75 bits per heavy atom. The Balaban J connectivity index is 1.30. The average Bonchev–Trinajstić information content (AvgIpc) is 3.47. The summed E-state index contributed by atoms with van der Waals surface area (Å²) in [6.07, 6.45) is 5.74. The second-order valence-corrected chi connectivity index (χ2v) is 8.06. The second kappa shape index (κ2) is 7.06. The standard InChI is InChI=1S/C23H25N3O2/c27-22-14-18(23(28)25-13-10-19(16-25)24-11-3-4-12-24)15-26(22)21-9-5-7-17-6-1-2-8-20(17)21/h1-9,18-19H,10-16H2/t18-,19+/m0/s1. The SMILES string of the molecule is O=C([C@H]1CC(=O)N(c2cccc3ccccc23)C1)N1CC[C@@H](N2CC=CC2)C1. The number of carbonyl (C=O) groups excluding carboxylic acids is 2. The smallest absolute Gasteiger partial charge is 0.228 e. The van der Waals surface area contributed by atoms with E-state index in [4.69, 9.17) is 0 Å². The van der Waals surface area contributed by atoms with E-state index in [0.29, 0.717) is 19.0 Å². The molecule has 0 N–H and O–H groups in total. The van der Waals surface area contributed by atoms with Crippen LogP contribution in [0.25, 0.3) is 10.8 Å². The van der Waals surface area contributed by atoms with E-state index >= 15 is 0 Å². The van der Waals surface area contributed by atoms with E-state index < -0.39 is 0 Å². The van der Waals surface area contributed by atoms with Crippen molar-refractivity contribution in [3.63, 3.8) is 0 Å². The van der Waals surface area contributed by atoms with Crippen molar-refractivity contribution in [2.24, 2.45) is 5.92 Å². The average molecular weight is 375 g/mol. The molecule has 0 saturated carbocycles. The van der Waals surface area contributed by atoms with E-state index in [9.17, 15) is 9.59 Å². The molecule has 28 heavy (non-hydrogen) atoms. The first-order chi connectivity index (χ1) is 13.7. The van der Waals surface area contributed by atoms with Crippen LogP contribution in [0.5, 0.6) is 0 Å². The van der Waals surface area contributed by atoms with Crippen LogP contribution in [-0.4, -0.2) is 60.4 Å². The minimum atomic E-state index is -0.234. The van der Waals surface area contributed by atoms with Crippen LogP contribution in [-0.2, 0) is 9.59 Å². The molecule has 3 aliphatic heterocycles. The van der Waals surface area contributed by atoms with Gasteiger partial charge in [-0.2, -0.15) is 0 Å². The van der Waals surface area contributed by atoms with Crippen LogP contribution >= 0.6 is 0 Å². The lowest BCUT2D eigenvalue weighted by atomic mass is 10.1. The van der Waals surface area contributed by atoms with Crippen LogP contribution < -0.4 is 4.90 Å². The Kier molecular flexibility index (Phi) is 4.40. The molecule has 5 rings (SSSR count). The maximum absolute atomic E-state index is 13.1. The molecule has 0 aliphatic carbocycles. The molecule has 2 fully saturated rings. The number of fused-ring (bicyclic) bond motifs is 1. The Morgan fingerprint density at radius 1 is 0.964 bits per heavy atom. The van der Waals surface area contributed by atoms with Crippen molar-refractivity contribution in [2.45, 2.75) is 18.9 Å². The maximum Gasteiger partial charge on any atom is 0.228 e. The fourth-order valence-electron chi connectivity index (χ4n) is 4.84. The van der Waals surface area contributed by atoms with Gasteiger partial charge in [0.25, 0.3) is 0 Å². The molecule has 2 aromatic rings. The van der Waals surface area contributed by atoms with Crippen LogP contribution in [0.2, 0.25) is 0 Å². The minimum Gasteiger partial charge on any atom is -0.341 e. The van der Waals surface area contributed by atoms with Crippen molar-refractivity contribution in [2.75, 3.05) is 37.6 Å². The number of hydrogen-bond acceptors (Lipinski definition) is 3. The molecule has 0 aromatic heterocycles. The Bertz CT molecular complexity index is 941. The van der Waals surface area contributed by atoms with Crippen molar-refractivity contribution in [1.82, 2.24) is 9.80 Å². The lowest BCUT2D eigenvalue weighted by Crippen LogP contribution is -2.40. The molecular formula is C23H25N3O2. The summed E-state index contributed by atoms with van der Waals surface area (Å²) in [4.78, 5) is 32.1. The summed E-state index contributed by atoms with van der Waals surface area (Å²) in [5, 5.41) is 2.18. The van der Waals surface area contributed by atoms with Gasteiger partial charge in [-0.25, -0.2) is 0 Å². The zero-order valence-electron chi connectivity index (χ0n) is 16.0. The van der Waals surface area contributed by atoms with Gasteiger partial charge < -0.3 is 9.80 Å². The fourth-order valence-corrected chi connectivity index (χ4v) is 4.84. The van der Waals surface area contributed by atoms with Gasteiger partial charge in [-0.1, -0.05) is 48.6 Å². The number of benzene rings is 2. The number of carbonyl (C=O) groups is 2. The molecule has 0 unspecified atom stereocenters. The monoisotopic (exact) mass is 375 g/mol. The predicted octanol–water partition coefficient (Wildman–Crippen LogP) is 2.67. The van der Waals surface area contributed by atoms with E-state index in [1.54, 1.807) is 0 Å². The molecule has 5 nitrogen and oxygen atoms in total. The van der Waals surface area contributed by atoms with E-state index in [1.165, 1.54) is 0 Å². The van der Waals surface area contributed by atoms with Gasteiger partial charge in [0.05, 0.1) is 11.6 Å². The lowest BCUT2D eigenvalue weighted by Gasteiger charge is -2.25.